The Morgan fingerprint density at radius 2 is 1.10 bits per heavy atom. The topological polar surface area (TPSA) is 111 Å². The van der Waals surface area contributed by atoms with Crippen LogP contribution in [0.4, 0.5) is 0 Å². The zero-order chi connectivity index (χ0) is 36.5. The summed E-state index contributed by atoms with van der Waals surface area (Å²) in [6.07, 6.45) is 32.1. The molecule has 49 heavy (non-hydrogen) atoms. The van der Waals surface area contributed by atoms with Gasteiger partial charge in [-0.25, -0.2) is 0 Å². The number of unbranched alkanes of at least 4 members (excludes halogenated alkanes) is 17. The molecule has 0 rings (SSSR count). The van der Waals surface area contributed by atoms with Crippen molar-refractivity contribution in [3.63, 3.8) is 0 Å². The summed E-state index contributed by atoms with van der Waals surface area (Å²) in [4.78, 5) is 37.3. The number of rotatable bonds is 35. The van der Waals surface area contributed by atoms with Crippen molar-refractivity contribution >= 4 is 19.8 Å². The van der Waals surface area contributed by atoms with Crippen LogP contribution in [0.25, 0.3) is 0 Å². The number of carbonyl (C=O) groups is 2. The van der Waals surface area contributed by atoms with E-state index in [1.165, 1.54) is 83.5 Å². The Bertz CT molecular complexity index is 902. The van der Waals surface area contributed by atoms with Crippen LogP contribution >= 0.6 is 7.82 Å². The van der Waals surface area contributed by atoms with Crippen LogP contribution in [0.1, 0.15) is 162 Å². The van der Waals surface area contributed by atoms with Crippen LogP contribution in [0.5, 0.6) is 0 Å². The van der Waals surface area contributed by atoms with Gasteiger partial charge in [-0.3, -0.25) is 14.2 Å². The molecule has 0 aromatic heterocycles. The highest BCUT2D eigenvalue weighted by atomic mass is 31.2. The Labute approximate surface area is 300 Å². The number of hydrogen-bond acceptors (Lipinski definition) is 8. The minimum atomic E-state index is -4.62. The minimum absolute atomic E-state index is 0.0352. The van der Waals surface area contributed by atoms with Gasteiger partial charge in [0.1, 0.15) is 19.8 Å². The Hall–Kier alpha value is -1.51. The van der Waals surface area contributed by atoms with Crippen molar-refractivity contribution in [2.45, 2.75) is 168 Å². The van der Waals surface area contributed by atoms with Gasteiger partial charge in [0.25, 0.3) is 7.82 Å². The summed E-state index contributed by atoms with van der Waals surface area (Å²) in [5, 5.41) is 0. The first-order valence-electron chi connectivity index (χ1n) is 19.5. The van der Waals surface area contributed by atoms with E-state index in [0.29, 0.717) is 17.4 Å². The predicted molar refractivity (Wildman–Crippen MR) is 199 cm³/mol. The molecule has 0 bridgehead atoms. The highest BCUT2D eigenvalue weighted by molar-refractivity contribution is 7.45. The van der Waals surface area contributed by atoms with Crippen LogP contribution in [0.3, 0.4) is 0 Å². The summed E-state index contributed by atoms with van der Waals surface area (Å²) in [5.74, 6) is -0.873. The van der Waals surface area contributed by atoms with E-state index in [4.69, 9.17) is 18.5 Å². The van der Waals surface area contributed by atoms with Crippen LogP contribution in [0, 0.1) is 0 Å². The maximum atomic E-state index is 12.6. The molecule has 10 heteroatoms. The molecule has 288 valence electrons. The molecule has 1 unspecified atom stereocenters. The van der Waals surface area contributed by atoms with E-state index in [9.17, 15) is 19.0 Å². The highest BCUT2D eigenvalue weighted by Gasteiger charge is 2.21. The van der Waals surface area contributed by atoms with Crippen LogP contribution in [0.2, 0.25) is 0 Å². The summed E-state index contributed by atoms with van der Waals surface area (Å²) >= 11 is 0. The Morgan fingerprint density at radius 1 is 0.633 bits per heavy atom. The van der Waals surface area contributed by atoms with Crippen molar-refractivity contribution < 1.29 is 42.1 Å². The summed E-state index contributed by atoms with van der Waals surface area (Å²) in [7, 11) is 1.15. The lowest BCUT2D eigenvalue weighted by Gasteiger charge is -2.28. The summed E-state index contributed by atoms with van der Waals surface area (Å²) in [5.41, 5.74) is 0. The SMILES string of the molecule is CCCCCCCC/C=C/C/C=C/CCCCC(=O)O[C@H](COC(=O)CCCCCCCCCCCC)COP(=O)([O-])OCC[N+](C)(C)C. The molecule has 0 amide bonds. The zero-order valence-corrected chi connectivity index (χ0v) is 33.0. The molecule has 2 atom stereocenters. The third-order valence-electron chi connectivity index (χ3n) is 8.22. The summed E-state index contributed by atoms with van der Waals surface area (Å²) in [6, 6.07) is 0. The molecule has 0 heterocycles. The first-order chi connectivity index (χ1) is 23.5. The number of phosphoric acid groups is 1. The van der Waals surface area contributed by atoms with Crippen LogP contribution in [-0.2, 0) is 32.7 Å². The van der Waals surface area contributed by atoms with E-state index in [1.807, 2.05) is 21.1 Å². The third-order valence-corrected chi connectivity index (χ3v) is 9.19. The van der Waals surface area contributed by atoms with Gasteiger partial charge in [0.05, 0.1) is 27.7 Å². The lowest BCUT2D eigenvalue weighted by atomic mass is 10.1. The number of esters is 2. The Morgan fingerprint density at radius 3 is 1.65 bits per heavy atom. The second-order valence-electron chi connectivity index (χ2n) is 14.3. The average molecular weight is 716 g/mol. The number of ether oxygens (including phenoxy) is 2. The van der Waals surface area contributed by atoms with Crippen molar-refractivity contribution in [1.29, 1.82) is 0 Å². The fourth-order valence-corrected chi connectivity index (χ4v) is 5.82. The molecular weight excluding hydrogens is 641 g/mol. The molecule has 0 saturated heterocycles. The standard InChI is InChI=1S/C39H74NO8P/c1-6-8-10-12-14-16-18-19-20-21-22-24-26-28-30-32-39(42)48-37(36-47-49(43,44)46-34-33-40(3,4)5)35-45-38(41)31-29-27-25-23-17-15-13-11-9-7-2/h19-20,22,24,37H,6-18,21,23,25-36H2,1-5H3/b20-19+,24-22+/t37-/m1/s1. The van der Waals surface area contributed by atoms with Gasteiger partial charge in [-0.05, 0) is 44.9 Å². The van der Waals surface area contributed by atoms with E-state index < -0.39 is 32.5 Å². The number of nitrogens with zero attached hydrogens (tertiary/aromatic N) is 1. The molecule has 0 aliphatic rings. The molecule has 0 spiro atoms. The molecule has 0 N–H and O–H groups in total. The van der Waals surface area contributed by atoms with E-state index in [1.54, 1.807) is 0 Å². The third kappa shape index (κ3) is 36.1. The lowest BCUT2D eigenvalue weighted by Crippen LogP contribution is -2.37. The average Bonchev–Trinajstić information content (AvgIpc) is 3.04. The van der Waals surface area contributed by atoms with Crippen LogP contribution < -0.4 is 4.89 Å². The van der Waals surface area contributed by atoms with Gasteiger partial charge < -0.3 is 27.9 Å². The van der Waals surface area contributed by atoms with Crippen molar-refractivity contribution in [3.05, 3.63) is 24.3 Å². The minimum Gasteiger partial charge on any atom is -0.756 e. The predicted octanol–water partition coefficient (Wildman–Crippen LogP) is 9.77. The maximum absolute atomic E-state index is 12.6. The van der Waals surface area contributed by atoms with Crippen LogP contribution in [0.15, 0.2) is 24.3 Å². The highest BCUT2D eigenvalue weighted by Crippen LogP contribution is 2.38. The number of likely N-dealkylation sites (N-methyl/N-ethyl adjacent to an activating group) is 1. The second-order valence-corrected chi connectivity index (χ2v) is 15.7. The molecule has 0 fully saturated rings. The van der Waals surface area contributed by atoms with Crippen molar-refractivity contribution in [3.8, 4) is 0 Å². The number of hydrogen-bond donors (Lipinski definition) is 0. The number of carbonyl (C=O) groups excluding carboxylic acids is 2. The molecule has 9 nitrogen and oxygen atoms in total. The lowest BCUT2D eigenvalue weighted by molar-refractivity contribution is -0.870. The molecular formula is C39H74NO8P. The molecule has 0 aliphatic heterocycles. The zero-order valence-electron chi connectivity index (χ0n) is 32.1. The Kier molecular flexibility index (Phi) is 31.4. The molecule has 0 radical (unpaired) electrons. The van der Waals surface area contributed by atoms with E-state index in [-0.39, 0.29) is 26.1 Å². The fraction of sp³-hybridized carbons (Fsp3) is 0.846. The van der Waals surface area contributed by atoms with E-state index in [2.05, 4.69) is 38.2 Å². The first-order valence-corrected chi connectivity index (χ1v) is 21.0. The summed E-state index contributed by atoms with van der Waals surface area (Å²) < 4.78 is 33.7. The molecule has 0 saturated carbocycles. The smallest absolute Gasteiger partial charge is 0.306 e. The largest absolute Gasteiger partial charge is 0.756 e. The molecule has 0 aromatic rings. The number of phosphoric ester groups is 1. The van der Waals surface area contributed by atoms with Crippen molar-refractivity contribution in [2.75, 3.05) is 47.5 Å². The van der Waals surface area contributed by atoms with Gasteiger partial charge in [-0.15, -0.1) is 0 Å². The monoisotopic (exact) mass is 716 g/mol. The van der Waals surface area contributed by atoms with E-state index in [0.717, 1.165) is 44.9 Å². The summed E-state index contributed by atoms with van der Waals surface area (Å²) in [6.45, 7) is 4.15. The fourth-order valence-electron chi connectivity index (χ4n) is 5.09. The molecule has 0 aliphatic carbocycles. The van der Waals surface area contributed by atoms with Gasteiger partial charge in [-0.1, -0.05) is 128 Å². The Balaban J connectivity index is 4.48. The number of allylic oxidation sites excluding steroid dienone is 4. The van der Waals surface area contributed by atoms with Gasteiger partial charge >= 0.3 is 11.9 Å². The molecule has 0 aromatic carbocycles. The normalized spacial score (nSPS) is 14.0. The quantitative estimate of drug-likeness (QED) is 0.0210. The van der Waals surface area contributed by atoms with Crippen molar-refractivity contribution in [1.82, 2.24) is 0 Å². The van der Waals surface area contributed by atoms with E-state index >= 15 is 0 Å². The maximum Gasteiger partial charge on any atom is 0.306 e. The number of quaternary nitrogens is 1. The van der Waals surface area contributed by atoms with Crippen LogP contribution in [-0.4, -0.2) is 70.0 Å². The van der Waals surface area contributed by atoms with Gasteiger partial charge in [0, 0.05) is 12.8 Å². The first kappa shape index (κ1) is 47.5. The van der Waals surface area contributed by atoms with Crippen molar-refractivity contribution in [2.24, 2.45) is 0 Å². The van der Waals surface area contributed by atoms with Gasteiger partial charge in [-0.2, -0.15) is 0 Å². The second kappa shape index (κ2) is 32.4. The van der Waals surface area contributed by atoms with Gasteiger partial charge in [0.15, 0.2) is 6.10 Å². The van der Waals surface area contributed by atoms with Gasteiger partial charge in [0.2, 0.25) is 0 Å².